The third-order valence-electron chi connectivity index (χ3n) is 1.58. The number of allylic oxidation sites excluding steroid dienone is 1. The molecule has 0 unspecified atom stereocenters. The highest BCUT2D eigenvalue weighted by molar-refractivity contribution is 5.22. The molecular formula is C11H12FO. The van der Waals surface area contributed by atoms with Crippen molar-refractivity contribution in [3.05, 3.63) is 42.7 Å². The Hall–Kier alpha value is -1.31. The van der Waals surface area contributed by atoms with Crippen molar-refractivity contribution >= 4 is 0 Å². The summed E-state index contributed by atoms with van der Waals surface area (Å²) in [6.45, 7) is 4.10. The van der Waals surface area contributed by atoms with Gasteiger partial charge in [-0.3, -0.25) is 0 Å². The van der Waals surface area contributed by atoms with Crippen LogP contribution in [0.3, 0.4) is 0 Å². The van der Waals surface area contributed by atoms with Crippen LogP contribution in [0.2, 0.25) is 0 Å². The topological polar surface area (TPSA) is 9.23 Å². The van der Waals surface area contributed by atoms with Crippen LogP contribution in [-0.4, -0.2) is 6.61 Å². The molecule has 69 valence electrons. The first-order chi connectivity index (χ1) is 6.34. The summed E-state index contributed by atoms with van der Waals surface area (Å²) in [4.78, 5) is 0. The molecule has 13 heavy (non-hydrogen) atoms. The van der Waals surface area contributed by atoms with Crippen LogP contribution in [0.5, 0.6) is 5.75 Å². The average Bonchev–Trinajstić information content (AvgIpc) is 2.15. The number of rotatable bonds is 5. The van der Waals surface area contributed by atoms with E-state index in [2.05, 4.69) is 12.6 Å². The number of benzene rings is 1. The molecule has 0 aliphatic carbocycles. The largest absolute Gasteiger partial charge is 0.490 e. The molecule has 0 fully saturated rings. The van der Waals surface area contributed by atoms with Gasteiger partial charge in [0.25, 0.3) is 0 Å². The smallest absolute Gasteiger partial charge is 0.172 e. The van der Waals surface area contributed by atoms with Gasteiger partial charge < -0.3 is 4.74 Å². The second-order valence-corrected chi connectivity index (χ2v) is 2.63. The monoisotopic (exact) mass is 179 g/mol. The molecular weight excluding hydrogens is 167 g/mol. The van der Waals surface area contributed by atoms with Gasteiger partial charge in [0.05, 0.1) is 6.61 Å². The molecule has 0 spiro atoms. The highest BCUT2D eigenvalue weighted by Gasteiger charge is 1.99. The molecule has 0 amide bonds. The van der Waals surface area contributed by atoms with Crippen molar-refractivity contribution in [2.24, 2.45) is 0 Å². The molecule has 0 aliphatic rings. The number of halogens is 1. The fraction of sp³-hybridized carbons (Fsp3) is 0.273. The summed E-state index contributed by atoms with van der Waals surface area (Å²) in [7, 11) is 0. The maximum absolute atomic E-state index is 12.9. The zero-order valence-electron chi connectivity index (χ0n) is 7.42. The Labute approximate surface area is 77.8 Å². The summed E-state index contributed by atoms with van der Waals surface area (Å²) in [5.41, 5.74) is 0. The molecule has 0 N–H and O–H groups in total. The predicted octanol–water partition coefficient (Wildman–Crippen LogP) is 2.97. The first kappa shape index (κ1) is 9.78. The van der Waals surface area contributed by atoms with Crippen LogP contribution < -0.4 is 4.74 Å². The second-order valence-electron chi connectivity index (χ2n) is 2.63. The lowest BCUT2D eigenvalue weighted by Crippen LogP contribution is -1.98. The summed E-state index contributed by atoms with van der Waals surface area (Å²) in [6.07, 6.45) is 3.56. The van der Waals surface area contributed by atoms with Gasteiger partial charge in [-0.2, -0.15) is 0 Å². The number of ether oxygens (including phenoxy) is 1. The third kappa shape index (κ3) is 3.28. The van der Waals surface area contributed by atoms with Gasteiger partial charge in [-0.15, -0.1) is 6.58 Å². The maximum Gasteiger partial charge on any atom is 0.172 e. The van der Waals surface area contributed by atoms with E-state index in [1.165, 1.54) is 6.07 Å². The van der Waals surface area contributed by atoms with Gasteiger partial charge in [-0.05, 0) is 18.9 Å². The van der Waals surface area contributed by atoms with Crippen molar-refractivity contribution in [1.82, 2.24) is 0 Å². The molecule has 0 saturated carbocycles. The van der Waals surface area contributed by atoms with Gasteiger partial charge in [-0.25, -0.2) is 4.39 Å². The Morgan fingerprint density at radius 1 is 1.62 bits per heavy atom. The third-order valence-corrected chi connectivity index (χ3v) is 1.58. The molecule has 0 aliphatic heterocycles. The normalized spacial score (nSPS) is 9.62. The van der Waals surface area contributed by atoms with Gasteiger partial charge >= 0.3 is 0 Å². The minimum atomic E-state index is -0.430. The molecule has 0 atom stereocenters. The van der Waals surface area contributed by atoms with E-state index in [0.29, 0.717) is 6.61 Å². The summed E-state index contributed by atoms with van der Waals surface area (Å²) < 4.78 is 18.1. The number of hydrogen-bond acceptors (Lipinski definition) is 1. The molecule has 0 heterocycles. The van der Waals surface area contributed by atoms with Crippen LogP contribution >= 0.6 is 0 Å². The van der Waals surface area contributed by atoms with Crippen molar-refractivity contribution < 1.29 is 9.13 Å². The minimum Gasteiger partial charge on any atom is -0.490 e. The van der Waals surface area contributed by atoms with Crippen molar-refractivity contribution in [3.63, 3.8) is 0 Å². The Morgan fingerprint density at radius 2 is 2.46 bits per heavy atom. The molecule has 2 heteroatoms. The minimum absolute atomic E-state index is 0.270. The van der Waals surface area contributed by atoms with Crippen LogP contribution in [0.4, 0.5) is 4.39 Å². The van der Waals surface area contributed by atoms with Crippen LogP contribution in [0.1, 0.15) is 12.8 Å². The van der Waals surface area contributed by atoms with E-state index >= 15 is 0 Å². The fourth-order valence-corrected chi connectivity index (χ4v) is 0.922. The van der Waals surface area contributed by atoms with E-state index in [0.717, 1.165) is 12.8 Å². The Morgan fingerprint density at radius 3 is 3.15 bits per heavy atom. The summed E-state index contributed by atoms with van der Waals surface area (Å²) in [6, 6.07) is 7.25. The molecule has 1 rings (SSSR count). The van der Waals surface area contributed by atoms with E-state index in [1.54, 1.807) is 12.1 Å². The van der Waals surface area contributed by atoms with Gasteiger partial charge in [0.2, 0.25) is 0 Å². The SMILES string of the molecule is C=CCCCOc1ccc[c]c1F. The lowest BCUT2D eigenvalue weighted by molar-refractivity contribution is 0.296. The van der Waals surface area contributed by atoms with E-state index in [-0.39, 0.29) is 5.75 Å². The predicted molar refractivity (Wildman–Crippen MR) is 50.2 cm³/mol. The summed E-state index contributed by atoms with van der Waals surface area (Å²) in [5.74, 6) is -0.160. The highest BCUT2D eigenvalue weighted by atomic mass is 19.1. The van der Waals surface area contributed by atoms with Crippen LogP contribution in [-0.2, 0) is 0 Å². The first-order valence-corrected chi connectivity index (χ1v) is 4.24. The summed E-state index contributed by atoms with van der Waals surface area (Å²) >= 11 is 0. The Bertz CT molecular complexity index is 271. The lowest BCUT2D eigenvalue weighted by atomic mass is 10.3. The average molecular weight is 179 g/mol. The van der Waals surface area contributed by atoms with Gasteiger partial charge in [0.1, 0.15) is 0 Å². The van der Waals surface area contributed by atoms with E-state index in [1.807, 2.05) is 6.08 Å². The van der Waals surface area contributed by atoms with Gasteiger partial charge in [0.15, 0.2) is 11.6 Å². The van der Waals surface area contributed by atoms with Crippen molar-refractivity contribution in [2.75, 3.05) is 6.61 Å². The Kier molecular flexibility index (Phi) is 4.03. The van der Waals surface area contributed by atoms with E-state index in [9.17, 15) is 4.39 Å². The van der Waals surface area contributed by atoms with Crippen LogP contribution in [0.15, 0.2) is 30.9 Å². The molecule has 0 aromatic heterocycles. The number of unbranched alkanes of at least 4 members (excludes halogenated alkanes) is 1. The molecule has 1 aromatic rings. The van der Waals surface area contributed by atoms with Crippen molar-refractivity contribution in [1.29, 1.82) is 0 Å². The molecule has 0 bridgehead atoms. The fourth-order valence-electron chi connectivity index (χ4n) is 0.922. The number of hydrogen-bond donors (Lipinski definition) is 0. The van der Waals surface area contributed by atoms with Crippen LogP contribution in [0.25, 0.3) is 0 Å². The standard InChI is InChI=1S/C11H12FO/c1-2-3-6-9-13-11-8-5-4-7-10(11)12/h2,4-5,8H,1,3,6,9H2. The molecule has 1 aromatic carbocycles. The maximum atomic E-state index is 12.9. The van der Waals surface area contributed by atoms with E-state index < -0.39 is 5.82 Å². The summed E-state index contributed by atoms with van der Waals surface area (Å²) in [5, 5.41) is 0. The highest BCUT2D eigenvalue weighted by Crippen LogP contribution is 2.14. The molecule has 1 radical (unpaired) electrons. The molecule has 0 saturated heterocycles. The quantitative estimate of drug-likeness (QED) is 0.498. The second kappa shape index (κ2) is 5.36. The van der Waals surface area contributed by atoms with Gasteiger partial charge in [0, 0.05) is 6.07 Å². The van der Waals surface area contributed by atoms with Gasteiger partial charge in [-0.1, -0.05) is 18.2 Å². The lowest BCUT2D eigenvalue weighted by Gasteiger charge is -2.04. The van der Waals surface area contributed by atoms with Crippen molar-refractivity contribution in [3.8, 4) is 5.75 Å². The van der Waals surface area contributed by atoms with Crippen LogP contribution in [0, 0.1) is 11.9 Å². The van der Waals surface area contributed by atoms with E-state index in [4.69, 9.17) is 4.74 Å². The zero-order valence-corrected chi connectivity index (χ0v) is 7.42. The molecule has 1 nitrogen and oxygen atoms in total. The first-order valence-electron chi connectivity index (χ1n) is 4.24. The van der Waals surface area contributed by atoms with Crippen molar-refractivity contribution in [2.45, 2.75) is 12.8 Å². The zero-order chi connectivity index (χ0) is 9.52. The Balaban J connectivity index is 2.36.